The van der Waals surface area contributed by atoms with Crippen molar-refractivity contribution in [2.45, 2.75) is 6.42 Å². The van der Waals surface area contributed by atoms with Gasteiger partial charge in [0.15, 0.2) is 0 Å². The second-order valence-electron chi connectivity index (χ2n) is 2.93. The molecule has 1 aliphatic rings. The van der Waals surface area contributed by atoms with Crippen molar-refractivity contribution >= 4 is 5.91 Å². The molecule has 11 heavy (non-hydrogen) atoms. The van der Waals surface area contributed by atoms with Crippen LogP contribution in [0.5, 0.6) is 0 Å². The summed E-state index contributed by atoms with van der Waals surface area (Å²) in [5.41, 5.74) is 10.7. The van der Waals surface area contributed by atoms with Crippen LogP contribution in [0.2, 0.25) is 0 Å². The highest BCUT2D eigenvalue weighted by Gasteiger charge is 2.23. The van der Waals surface area contributed by atoms with Gasteiger partial charge in [-0.25, -0.2) is 0 Å². The van der Waals surface area contributed by atoms with Gasteiger partial charge in [0.2, 0.25) is 5.91 Å². The van der Waals surface area contributed by atoms with E-state index in [0.717, 1.165) is 19.5 Å². The maximum Gasteiger partial charge on any atom is 0.236 e. The van der Waals surface area contributed by atoms with Gasteiger partial charge in [-0.2, -0.15) is 0 Å². The minimum Gasteiger partial charge on any atom is -0.341 e. The van der Waals surface area contributed by atoms with Gasteiger partial charge in [0.05, 0.1) is 6.54 Å². The molecule has 1 heterocycles. The topological polar surface area (TPSA) is 72.4 Å². The van der Waals surface area contributed by atoms with Gasteiger partial charge in [-0.15, -0.1) is 0 Å². The summed E-state index contributed by atoms with van der Waals surface area (Å²) in [4.78, 5) is 12.8. The van der Waals surface area contributed by atoms with Gasteiger partial charge < -0.3 is 16.4 Å². The van der Waals surface area contributed by atoms with E-state index < -0.39 is 0 Å². The minimum absolute atomic E-state index is 0.0425. The van der Waals surface area contributed by atoms with Crippen LogP contribution >= 0.6 is 0 Å². The van der Waals surface area contributed by atoms with Crippen LogP contribution in [0.3, 0.4) is 0 Å². The number of hydrogen-bond acceptors (Lipinski definition) is 3. The summed E-state index contributed by atoms with van der Waals surface area (Å²) < 4.78 is 0. The maximum absolute atomic E-state index is 11.0. The Labute approximate surface area is 66.5 Å². The third-order valence-electron chi connectivity index (χ3n) is 2.15. The van der Waals surface area contributed by atoms with Gasteiger partial charge in [0.25, 0.3) is 0 Å². The van der Waals surface area contributed by atoms with Crippen LogP contribution in [0, 0.1) is 5.92 Å². The Hall–Kier alpha value is -0.610. The first-order chi connectivity index (χ1) is 5.27. The molecule has 0 bridgehead atoms. The Morgan fingerprint density at radius 3 is 2.73 bits per heavy atom. The molecule has 4 nitrogen and oxygen atoms in total. The lowest BCUT2D eigenvalue weighted by molar-refractivity contribution is -0.128. The van der Waals surface area contributed by atoms with Gasteiger partial charge in [-0.1, -0.05) is 0 Å². The van der Waals surface area contributed by atoms with Crippen molar-refractivity contribution in [3.8, 4) is 0 Å². The Kier molecular flexibility index (Phi) is 2.84. The molecule has 0 aliphatic carbocycles. The summed E-state index contributed by atoms with van der Waals surface area (Å²) in [6, 6.07) is 0. The molecular weight excluding hydrogens is 142 g/mol. The molecule has 1 atom stereocenters. The Morgan fingerprint density at radius 1 is 1.55 bits per heavy atom. The molecule has 0 saturated carbocycles. The van der Waals surface area contributed by atoms with E-state index in [1.807, 2.05) is 0 Å². The number of carbonyl (C=O) groups excluding carboxylic acids is 1. The number of carbonyl (C=O) groups is 1. The van der Waals surface area contributed by atoms with E-state index in [9.17, 15) is 4.79 Å². The summed E-state index contributed by atoms with van der Waals surface area (Å²) in [6.45, 7) is 2.43. The second kappa shape index (κ2) is 3.69. The molecule has 0 spiro atoms. The first-order valence-corrected chi connectivity index (χ1v) is 3.95. The first kappa shape index (κ1) is 8.49. The van der Waals surface area contributed by atoms with Crippen molar-refractivity contribution < 1.29 is 4.79 Å². The van der Waals surface area contributed by atoms with Crippen molar-refractivity contribution in [3.63, 3.8) is 0 Å². The lowest BCUT2D eigenvalue weighted by atomic mass is 10.1. The van der Waals surface area contributed by atoms with Crippen LogP contribution in [0.4, 0.5) is 0 Å². The Balaban J connectivity index is 2.35. The smallest absolute Gasteiger partial charge is 0.236 e. The van der Waals surface area contributed by atoms with Gasteiger partial charge in [-0.3, -0.25) is 4.79 Å². The van der Waals surface area contributed by atoms with E-state index in [0.29, 0.717) is 12.5 Å². The number of nitrogens with two attached hydrogens (primary N) is 2. The van der Waals surface area contributed by atoms with Gasteiger partial charge in [0, 0.05) is 13.1 Å². The lowest BCUT2D eigenvalue weighted by Crippen LogP contribution is -2.34. The summed E-state index contributed by atoms with van der Waals surface area (Å²) in [6.07, 6.45) is 1.03. The van der Waals surface area contributed by atoms with E-state index in [2.05, 4.69) is 0 Å². The fraction of sp³-hybridized carbons (Fsp3) is 0.857. The molecule has 1 rings (SSSR count). The highest BCUT2D eigenvalue weighted by atomic mass is 16.2. The standard InChI is InChI=1S/C7H15N3O/c8-3-6-1-2-10(5-6)7(11)4-9/h6H,1-5,8-9H2. The van der Waals surface area contributed by atoms with E-state index in [4.69, 9.17) is 11.5 Å². The van der Waals surface area contributed by atoms with E-state index in [-0.39, 0.29) is 12.5 Å². The van der Waals surface area contributed by atoms with E-state index >= 15 is 0 Å². The van der Waals surface area contributed by atoms with Crippen LogP contribution in [0.15, 0.2) is 0 Å². The predicted octanol–water partition coefficient (Wildman–Crippen LogP) is -1.25. The van der Waals surface area contributed by atoms with Gasteiger partial charge in [0.1, 0.15) is 0 Å². The quantitative estimate of drug-likeness (QED) is 0.526. The maximum atomic E-state index is 11.0. The van der Waals surface area contributed by atoms with Crippen LogP contribution in [-0.4, -0.2) is 37.0 Å². The summed E-state index contributed by atoms with van der Waals surface area (Å²) >= 11 is 0. The second-order valence-corrected chi connectivity index (χ2v) is 2.93. The molecule has 1 saturated heterocycles. The number of hydrogen-bond donors (Lipinski definition) is 2. The monoisotopic (exact) mass is 157 g/mol. The van der Waals surface area contributed by atoms with Crippen molar-refractivity contribution in [1.82, 2.24) is 4.90 Å². The molecule has 1 fully saturated rings. The summed E-state index contributed by atoms with van der Waals surface area (Å²) in [5, 5.41) is 0. The SMILES string of the molecule is NCC(=O)N1CCC(CN)C1. The van der Waals surface area contributed by atoms with Crippen molar-refractivity contribution in [3.05, 3.63) is 0 Å². The fourth-order valence-electron chi connectivity index (χ4n) is 1.38. The van der Waals surface area contributed by atoms with E-state index in [1.165, 1.54) is 0 Å². The number of rotatable bonds is 2. The van der Waals surface area contributed by atoms with Gasteiger partial charge in [-0.05, 0) is 18.9 Å². The molecule has 0 aromatic carbocycles. The Bertz CT molecular complexity index is 149. The molecule has 4 heteroatoms. The first-order valence-electron chi connectivity index (χ1n) is 3.95. The zero-order chi connectivity index (χ0) is 8.27. The van der Waals surface area contributed by atoms with Crippen molar-refractivity contribution in [2.75, 3.05) is 26.2 Å². The normalized spacial score (nSPS) is 24.2. The van der Waals surface area contributed by atoms with Crippen LogP contribution in [-0.2, 0) is 4.79 Å². The van der Waals surface area contributed by atoms with Crippen molar-refractivity contribution in [1.29, 1.82) is 0 Å². The molecule has 1 amide bonds. The molecule has 0 radical (unpaired) electrons. The molecule has 4 N–H and O–H groups in total. The molecule has 1 unspecified atom stereocenters. The average Bonchev–Trinajstić information content (AvgIpc) is 2.50. The summed E-state index contributed by atoms with van der Waals surface area (Å²) in [5.74, 6) is 0.534. The third kappa shape index (κ3) is 1.91. The largest absolute Gasteiger partial charge is 0.341 e. The third-order valence-corrected chi connectivity index (χ3v) is 2.15. The van der Waals surface area contributed by atoms with Crippen LogP contribution in [0.25, 0.3) is 0 Å². The number of nitrogens with zero attached hydrogens (tertiary/aromatic N) is 1. The number of likely N-dealkylation sites (tertiary alicyclic amines) is 1. The fourth-order valence-corrected chi connectivity index (χ4v) is 1.38. The zero-order valence-electron chi connectivity index (χ0n) is 6.62. The lowest BCUT2D eigenvalue weighted by Gasteiger charge is -2.14. The number of amides is 1. The van der Waals surface area contributed by atoms with Crippen LogP contribution < -0.4 is 11.5 Å². The molecular formula is C7H15N3O. The van der Waals surface area contributed by atoms with E-state index in [1.54, 1.807) is 4.90 Å². The summed E-state index contributed by atoms with van der Waals surface area (Å²) in [7, 11) is 0. The van der Waals surface area contributed by atoms with Crippen molar-refractivity contribution in [2.24, 2.45) is 17.4 Å². The predicted molar refractivity (Wildman–Crippen MR) is 42.8 cm³/mol. The van der Waals surface area contributed by atoms with Gasteiger partial charge >= 0.3 is 0 Å². The highest BCUT2D eigenvalue weighted by Crippen LogP contribution is 2.13. The van der Waals surface area contributed by atoms with Crippen LogP contribution in [0.1, 0.15) is 6.42 Å². The molecule has 64 valence electrons. The molecule has 0 aromatic heterocycles. The highest BCUT2D eigenvalue weighted by molar-refractivity contribution is 5.78. The Morgan fingerprint density at radius 2 is 2.27 bits per heavy atom. The molecule has 1 aliphatic heterocycles. The average molecular weight is 157 g/mol. The zero-order valence-corrected chi connectivity index (χ0v) is 6.62. The minimum atomic E-state index is 0.0425. The molecule has 0 aromatic rings.